The molecule has 0 radical (unpaired) electrons. The van der Waals surface area contributed by atoms with E-state index in [-0.39, 0.29) is 11.6 Å². The van der Waals surface area contributed by atoms with E-state index in [1.807, 2.05) is 24.3 Å². The van der Waals surface area contributed by atoms with Crippen LogP contribution in [-0.2, 0) is 6.42 Å². The van der Waals surface area contributed by atoms with E-state index < -0.39 is 0 Å². The molecule has 1 aromatic carbocycles. The van der Waals surface area contributed by atoms with Gasteiger partial charge in [-0.05, 0) is 42.7 Å². The standard InChI is InChI=1S/C17H18N4O2/c1-2-3-5-12-7-9-13(10-8-12)18-16(22)14-6-4-11-21-15(14)19-20-17(21)23/h4,6-11H,2-3,5H2,1H3,(H,18,22)(H,20,23). The number of anilines is 1. The molecule has 3 rings (SSSR count). The maximum Gasteiger partial charge on any atom is 0.347 e. The number of aromatic nitrogens is 3. The van der Waals surface area contributed by atoms with Crippen molar-refractivity contribution in [2.75, 3.05) is 5.32 Å². The van der Waals surface area contributed by atoms with Gasteiger partial charge in [0.2, 0.25) is 0 Å². The molecule has 0 saturated carbocycles. The van der Waals surface area contributed by atoms with Crippen molar-refractivity contribution in [1.29, 1.82) is 0 Å². The molecule has 0 spiro atoms. The maximum absolute atomic E-state index is 12.4. The van der Waals surface area contributed by atoms with Crippen LogP contribution in [0.2, 0.25) is 0 Å². The summed E-state index contributed by atoms with van der Waals surface area (Å²) < 4.78 is 1.31. The van der Waals surface area contributed by atoms with Crippen molar-refractivity contribution in [2.45, 2.75) is 26.2 Å². The van der Waals surface area contributed by atoms with Crippen LogP contribution in [0.3, 0.4) is 0 Å². The van der Waals surface area contributed by atoms with Crippen molar-refractivity contribution in [2.24, 2.45) is 0 Å². The molecule has 2 heterocycles. The lowest BCUT2D eigenvalue weighted by molar-refractivity contribution is 0.102. The predicted octanol–water partition coefficient (Wildman–Crippen LogP) is 2.62. The minimum atomic E-state index is -0.366. The monoisotopic (exact) mass is 310 g/mol. The molecular weight excluding hydrogens is 292 g/mol. The summed E-state index contributed by atoms with van der Waals surface area (Å²) in [4.78, 5) is 24.0. The van der Waals surface area contributed by atoms with E-state index in [9.17, 15) is 9.59 Å². The second-order valence-corrected chi connectivity index (χ2v) is 5.40. The summed E-state index contributed by atoms with van der Waals surface area (Å²) in [5, 5.41) is 9.07. The fourth-order valence-corrected chi connectivity index (χ4v) is 2.44. The van der Waals surface area contributed by atoms with Gasteiger partial charge in [-0.1, -0.05) is 25.5 Å². The molecule has 2 N–H and O–H groups in total. The molecule has 0 aliphatic rings. The largest absolute Gasteiger partial charge is 0.347 e. The van der Waals surface area contributed by atoms with Gasteiger partial charge in [-0.25, -0.2) is 14.3 Å². The number of amides is 1. The number of rotatable bonds is 5. The summed E-state index contributed by atoms with van der Waals surface area (Å²) in [6, 6.07) is 11.1. The van der Waals surface area contributed by atoms with Crippen molar-refractivity contribution < 1.29 is 4.79 Å². The Labute approximate surface area is 133 Å². The number of pyridine rings is 1. The minimum Gasteiger partial charge on any atom is -0.322 e. The average molecular weight is 310 g/mol. The van der Waals surface area contributed by atoms with Crippen LogP contribution < -0.4 is 11.0 Å². The number of unbranched alkanes of at least 4 members (excludes halogenated alkanes) is 1. The first-order valence-electron chi connectivity index (χ1n) is 7.65. The lowest BCUT2D eigenvalue weighted by Crippen LogP contribution is -2.15. The Balaban J connectivity index is 1.79. The van der Waals surface area contributed by atoms with E-state index in [0.29, 0.717) is 11.2 Å². The van der Waals surface area contributed by atoms with Gasteiger partial charge in [0.25, 0.3) is 5.91 Å². The third kappa shape index (κ3) is 3.15. The van der Waals surface area contributed by atoms with Gasteiger partial charge in [0.1, 0.15) is 0 Å². The molecule has 2 aromatic heterocycles. The highest BCUT2D eigenvalue weighted by Crippen LogP contribution is 2.14. The van der Waals surface area contributed by atoms with Crippen LogP contribution in [0, 0.1) is 0 Å². The smallest absolute Gasteiger partial charge is 0.322 e. The zero-order chi connectivity index (χ0) is 16.2. The lowest BCUT2D eigenvalue weighted by Gasteiger charge is -2.07. The number of nitrogens with one attached hydrogen (secondary N) is 2. The molecular formula is C17H18N4O2. The number of aryl methyl sites for hydroxylation is 1. The lowest BCUT2D eigenvalue weighted by atomic mass is 10.1. The summed E-state index contributed by atoms with van der Waals surface area (Å²) in [6.07, 6.45) is 4.92. The molecule has 0 bridgehead atoms. The number of carbonyl (C=O) groups is 1. The molecule has 118 valence electrons. The maximum atomic E-state index is 12.4. The molecule has 0 fully saturated rings. The minimum absolute atomic E-state index is 0.295. The molecule has 0 aliphatic heterocycles. The Kier molecular flexibility index (Phi) is 4.23. The van der Waals surface area contributed by atoms with E-state index in [1.165, 1.54) is 9.96 Å². The highest BCUT2D eigenvalue weighted by Gasteiger charge is 2.13. The Bertz CT molecular complexity index is 877. The van der Waals surface area contributed by atoms with Crippen LogP contribution in [0.15, 0.2) is 47.4 Å². The summed E-state index contributed by atoms with van der Waals surface area (Å²) in [7, 11) is 0. The number of fused-ring (bicyclic) bond motifs is 1. The molecule has 1 amide bonds. The molecule has 0 saturated heterocycles. The van der Waals surface area contributed by atoms with Gasteiger partial charge in [-0.15, -0.1) is 0 Å². The molecule has 3 aromatic rings. The van der Waals surface area contributed by atoms with Gasteiger partial charge in [-0.2, -0.15) is 5.10 Å². The van der Waals surface area contributed by atoms with Crippen LogP contribution in [0.1, 0.15) is 35.7 Å². The normalized spacial score (nSPS) is 10.8. The average Bonchev–Trinajstić information content (AvgIpc) is 2.95. The molecule has 23 heavy (non-hydrogen) atoms. The number of benzene rings is 1. The van der Waals surface area contributed by atoms with Crippen molar-refractivity contribution in [3.05, 3.63) is 64.2 Å². The van der Waals surface area contributed by atoms with Gasteiger partial charge < -0.3 is 5.32 Å². The summed E-state index contributed by atoms with van der Waals surface area (Å²) in [6.45, 7) is 2.16. The Hall–Kier alpha value is -2.89. The quantitative estimate of drug-likeness (QED) is 0.760. The molecule has 0 unspecified atom stereocenters. The van der Waals surface area contributed by atoms with Crippen LogP contribution in [-0.4, -0.2) is 20.5 Å². The van der Waals surface area contributed by atoms with Crippen molar-refractivity contribution in [3.63, 3.8) is 0 Å². The SMILES string of the molecule is CCCCc1ccc(NC(=O)c2cccn3c(=O)[nH]nc23)cc1. The highest BCUT2D eigenvalue weighted by molar-refractivity contribution is 6.08. The van der Waals surface area contributed by atoms with Crippen molar-refractivity contribution in [3.8, 4) is 0 Å². The molecule has 0 aliphatic carbocycles. The fraction of sp³-hybridized carbons (Fsp3) is 0.235. The van der Waals surface area contributed by atoms with E-state index in [0.717, 1.165) is 24.9 Å². The fourth-order valence-electron chi connectivity index (χ4n) is 2.44. The molecule has 0 atom stereocenters. The number of aromatic amines is 1. The number of carbonyl (C=O) groups excluding carboxylic acids is 1. The highest BCUT2D eigenvalue weighted by atomic mass is 16.2. The number of H-pyrrole nitrogens is 1. The van der Waals surface area contributed by atoms with Crippen LogP contribution in [0.4, 0.5) is 5.69 Å². The summed E-state index contributed by atoms with van der Waals surface area (Å²) >= 11 is 0. The Morgan fingerprint density at radius 2 is 2.04 bits per heavy atom. The van der Waals surface area contributed by atoms with Crippen LogP contribution in [0.25, 0.3) is 5.65 Å². The zero-order valence-electron chi connectivity index (χ0n) is 12.9. The van der Waals surface area contributed by atoms with E-state index in [1.54, 1.807) is 18.3 Å². The number of hydrogen-bond donors (Lipinski definition) is 2. The first-order chi connectivity index (χ1) is 11.2. The van der Waals surface area contributed by atoms with Gasteiger partial charge >= 0.3 is 5.69 Å². The van der Waals surface area contributed by atoms with Crippen molar-refractivity contribution in [1.82, 2.24) is 14.6 Å². The first-order valence-corrected chi connectivity index (χ1v) is 7.65. The van der Waals surface area contributed by atoms with Gasteiger partial charge in [-0.3, -0.25) is 4.79 Å². The Morgan fingerprint density at radius 1 is 1.26 bits per heavy atom. The third-order valence-corrected chi connectivity index (χ3v) is 3.72. The number of hydrogen-bond acceptors (Lipinski definition) is 3. The first kappa shape index (κ1) is 15.0. The number of nitrogens with zero attached hydrogens (tertiary/aromatic N) is 2. The topological polar surface area (TPSA) is 79.3 Å². The second-order valence-electron chi connectivity index (χ2n) is 5.40. The predicted molar refractivity (Wildman–Crippen MR) is 88.8 cm³/mol. The van der Waals surface area contributed by atoms with Gasteiger partial charge in [0.05, 0.1) is 5.56 Å². The zero-order valence-corrected chi connectivity index (χ0v) is 12.9. The van der Waals surface area contributed by atoms with E-state index in [4.69, 9.17) is 0 Å². The van der Waals surface area contributed by atoms with Gasteiger partial charge in [0.15, 0.2) is 5.65 Å². The third-order valence-electron chi connectivity index (χ3n) is 3.72. The molecule has 6 heteroatoms. The van der Waals surface area contributed by atoms with Crippen LogP contribution in [0.5, 0.6) is 0 Å². The van der Waals surface area contributed by atoms with Crippen molar-refractivity contribution >= 4 is 17.2 Å². The van der Waals surface area contributed by atoms with E-state index >= 15 is 0 Å². The Morgan fingerprint density at radius 3 is 2.78 bits per heavy atom. The second kappa shape index (κ2) is 6.48. The van der Waals surface area contributed by atoms with Crippen LogP contribution >= 0.6 is 0 Å². The van der Waals surface area contributed by atoms with Gasteiger partial charge in [0, 0.05) is 11.9 Å². The summed E-state index contributed by atoms with van der Waals surface area (Å²) in [5.74, 6) is -0.295. The van der Waals surface area contributed by atoms with E-state index in [2.05, 4.69) is 22.4 Å². The molecule has 6 nitrogen and oxygen atoms in total. The summed E-state index contributed by atoms with van der Waals surface area (Å²) in [5.41, 5.74) is 2.27.